The maximum Gasteiger partial charge on any atom is 0.243 e. The van der Waals surface area contributed by atoms with Crippen LogP contribution in [0.3, 0.4) is 0 Å². The summed E-state index contributed by atoms with van der Waals surface area (Å²) in [6.45, 7) is 7.24. The molecule has 2 rings (SSSR count). The van der Waals surface area contributed by atoms with Crippen molar-refractivity contribution < 1.29 is 13.2 Å². The Labute approximate surface area is 156 Å². The van der Waals surface area contributed by atoms with Gasteiger partial charge in [0.15, 0.2) is 0 Å². The van der Waals surface area contributed by atoms with Crippen LogP contribution in [0.4, 0.5) is 0 Å². The number of rotatable bonds is 9. The number of hydrogen-bond acceptors (Lipinski definition) is 4. The first-order valence-electron chi connectivity index (χ1n) is 8.53. The highest BCUT2D eigenvalue weighted by Crippen LogP contribution is 2.16. The van der Waals surface area contributed by atoms with Crippen molar-refractivity contribution in [3.05, 3.63) is 29.8 Å². The van der Waals surface area contributed by atoms with E-state index in [9.17, 15) is 13.2 Å². The van der Waals surface area contributed by atoms with Crippen molar-refractivity contribution in [2.24, 2.45) is 5.92 Å². The number of carbonyl (C=O) groups is 1. The summed E-state index contributed by atoms with van der Waals surface area (Å²) in [6.07, 6.45) is 1.03. The van der Waals surface area contributed by atoms with Crippen LogP contribution in [0.1, 0.15) is 25.8 Å². The van der Waals surface area contributed by atoms with Crippen molar-refractivity contribution in [1.82, 2.24) is 14.9 Å². The number of benzene rings is 1. The fourth-order valence-corrected chi connectivity index (χ4v) is 4.10. The molecule has 0 bridgehead atoms. The van der Waals surface area contributed by atoms with E-state index < -0.39 is 10.0 Å². The van der Waals surface area contributed by atoms with Gasteiger partial charge in [0.25, 0.3) is 0 Å². The Morgan fingerprint density at radius 3 is 2.28 bits per heavy atom. The molecule has 0 spiro atoms. The SMILES string of the molecule is CCN(CC)S(=O)(=O)c1ccc(CCC(=O)NCC2CNC2)cc1.Cl. The Bertz CT molecular complexity index is 642. The van der Waals surface area contributed by atoms with E-state index >= 15 is 0 Å². The number of halogens is 1. The number of amides is 1. The first-order valence-corrected chi connectivity index (χ1v) is 9.97. The van der Waals surface area contributed by atoms with E-state index in [1.807, 2.05) is 13.8 Å². The number of sulfonamides is 1. The Hall–Kier alpha value is -1.15. The smallest absolute Gasteiger partial charge is 0.243 e. The summed E-state index contributed by atoms with van der Waals surface area (Å²) in [4.78, 5) is 12.1. The zero-order chi connectivity index (χ0) is 17.6. The van der Waals surface area contributed by atoms with Gasteiger partial charge in [-0.3, -0.25) is 4.79 Å². The van der Waals surface area contributed by atoms with Crippen LogP contribution in [0.25, 0.3) is 0 Å². The number of hydrogen-bond donors (Lipinski definition) is 2. The van der Waals surface area contributed by atoms with Crippen molar-refractivity contribution >= 4 is 28.3 Å². The van der Waals surface area contributed by atoms with Crippen LogP contribution in [0.15, 0.2) is 29.2 Å². The van der Waals surface area contributed by atoms with E-state index in [1.165, 1.54) is 4.31 Å². The first-order chi connectivity index (χ1) is 11.5. The van der Waals surface area contributed by atoms with Gasteiger partial charge in [-0.15, -0.1) is 12.4 Å². The summed E-state index contributed by atoms with van der Waals surface area (Å²) in [5.74, 6) is 0.597. The lowest BCUT2D eigenvalue weighted by Crippen LogP contribution is -2.48. The van der Waals surface area contributed by atoms with E-state index in [0.29, 0.717) is 36.7 Å². The molecule has 1 aromatic carbocycles. The van der Waals surface area contributed by atoms with Gasteiger partial charge in [-0.2, -0.15) is 4.31 Å². The van der Waals surface area contributed by atoms with Gasteiger partial charge >= 0.3 is 0 Å². The minimum Gasteiger partial charge on any atom is -0.356 e. The highest BCUT2D eigenvalue weighted by Gasteiger charge is 2.21. The third-order valence-electron chi connectivity index (χ3n) is 4.36. The molecule has 8 heteroatoms. The van der Waals surface area contributed by atoms with Crippen LogP contribution in [0, 0.1) is 5.92 Å². The summed E-state index contributed by atoms with van der Waals surface area (Å²) in [6, 6.07) is 6.83. The van der Waals surface area contributed by atoms with E-state index in [2.05, 4.69) is 10.6 Å². The van der Waals surface area contributed by atoms with E-state index in [-0.39, 0.29) is 18.3 Å². The van der Waals surface area contributed by atoms with Crippen molar-refractivity contribution in [1.29, 1.82) is 0 Å². The largest absolute Gasteiger partial charge is 0.356 e. The predicted octanol–water partition coefficient (Wildman–Crippen LogP) is 1.41. The highest BCUT2D eigenvalue weighted by atomic mass is 35.5. The topological polar surface area (TPSA) is 78.5 Å². The standard InChI is InChI=1S/C17H27N3O3S.ClH/c1-3-20(4-2)24(22,23)16-8-5-14(6-9-16)7-10-17(21)19-13-15-11-18-12-15;/h5-6,8-9,15,18H,3-4,7,10-13H2,1-2H3,(H,19,21);1H. The molecule has 1 heterocycles. The molecule has 1 amide bonds. The van der Waals surface area contributed by atoms with Crippen LogP contribution < -0.4 is 10.6 Å². The van der Waals surface area contributed by atoms with Gasteiger partial charge in [0.2, 0.25) is 15.9 Å². The molecule has 1 fully saturated rings. The van der Waals surface area contributed by atoms with Crippen molar-refractivity contribution in [3.8, 4) is 0 Å². The molecule has 0 saturated carbocycles. The van der Waals surface area contributed by atoms with E-state index in [0.717, 1.165) is 25.2 Å². The molecule has 1 aliphatic heterocycles. The lowest BCUT2D eigenvalue weighted by Gasteiger charge is -2.27. The Morgan fingerprint density at radius 1 is 1.20 bits per heavy atom. The van der Waals surface area contributed by atoms with Crippen molar-refractivity contribution in [3.63, 3.8) is 0 Å². The molecule has 0 aliphatic carbocycles. The molecule has 6 nitrogen and oxygen atoms in total. The predicted molar refractivity (Wildman–Crippen MR) is 101 cm³/mol. The Morgan fingerprint density at radius 2 is 1.80 bits per heavy atom. The molecule has 25 heavy (non-hydrogen) atoms. The summed E-state index contributed by atoms with van der Waals surface area (Å²) < 4.78 is 26.3. The quantitative estimate of drug-likeness (QED) is 0.669. The molecule has 0 radical (unpaired) electrons. The van der Waals surface area contributed by atoms with Gasteiger partial charge in [-0.1, -0.05) is 26.0 Å². The van der Waals surface area contributed by atoms with Crippen molar-refractivity contribution in [2.45, 2.75) is 31.6 Å². The molecule has 0 aromatic heterocycles. The van der Waals surface area contributed by atoms with Crippen LogP contribution in [-0.2, 0) is 21.2 Å². The third kappa shape index (κ3) is 5.95. The first kappa shape index (κ1) is 21.9. The molecular formula is C17H28ClN3O3S. The Kier molecular flexibility index (Phi) is 8.85. The van der Waals surface area contributed by atoms with Gasteiger partial charge in [0, 0.05) is 45.1 Å². The number of carbonyl (C=O) groups excluding carboxylic acids is 1. The minimum atomic E-state index is -3.42. The summed E-state index contributed by atoms with van der Waals surface area (Å²) in [5.41, 5.74) is 0.967. The molecule has 142 valence electrons. The average Bonchev–Trinajstić information content (AvgIpc) is 2.53. The fraction of sp³-hybridized carbons (Fsp3) is 0.588. The second-order valence-electron chi connectivity index (χ2n) is 6.06. The van der Waals surface area contributed by atoms with Gasteiger partial charge < -0.3 is 10.6 Å². The molecule has 0 atom stereocenters. The zero-order valence-electron chi connectivity index (χ0n) is 14.8. The molecule has 2 N–H and O–H groups in total. The lowest BCUT2D eigenvalue weighted by molar-refractivity contribution is -0.121. The van der Waals surface area contributed by atoms with Crippen LogP contribution >= 0.6 is 12.4 Å². The highest BCUT2D eigenvalue weighted by molar-refractivity contribution is 7.89. The zero-order valence-corrected chi connectivity index (χ0v) is 16.5. The lowest BCUT2D eigenvalue weighted by atomic mass is 10.0. The second kappa shape index (κ2) is 10.1. The molecule has 1 saturated heterocycles. The molecular weight excluding hydrogens is 362 g/mol. The molecule has 1 aromatic rings. The molecule has 1 aliphatic rings. The summed E-state index contributed by atoms with van der Waals surface area (Å²) >= 11 is 0. The van der Waals surface area contributed by atoms with E-state index in [4.69, 9.17) is 0 Å². The van der Waals surface area contributed by atoms with Crippen molar-refractivity contribution in [2.75, 3.05) is 32.7 Å². The summed E-state index contributed by atoms with van der Waals surface area (Å²) in [7, 11) is -3.42. The fourth-order valence-electron chi connectivity index (χ4n) is 2.64. The maximum absolute atomic E-state index is 12.4. The van der Waals surface area contributed by atoms with Crippen LogP contribution in [0.5, 0.6) is 0 Å². The number of nitrogens with zero attached hydrogens (tertiary/aromatic N) is 1. The maximum atomic E-state index is 12.4. The number of nitrogens with one attached hydrogen (secondary N) is 2. The summed E-state index contributed by atoms with van der Waals surface area (Å²) in [5, 5.41) is 6.11. The Balaban J connectivity index is 0.00000312. The van der Waals surface area contributed by atoms with Gasteiger partial charge in [-0.25, -0.2) is 8.42 Å². The second-order valence-corrected chi connectivity index (χ2v) is 8.00. The van der Waals surface area contributed by atoms with Crippen LogP contribution in [0.2, 0.25) is 0 Å². The third-order valence-corrected chi connectivity index (χ3v) is 6.43. The van der Waals surface area contributed by atoms with Gasteiger partial charge in [0.1, 0.15) is 0 Å². The van der Waals surface area contributed by atoms with Crippen LogP contribution in [-0.4, -0.2) is 51.4 Å². The number of aryl methyl sites for hydroxylation is 1. The van der Waals surface area contributed by atoms with E-state index in [1.54, 1.807) is 24.3 Å². The average molecular weight is 390 g/mol. The normalized spacial score (nSPS) is 14.7. The molecule has 0 unspecified atom stereocenters. The monoisotopic (exact) mass is 389 g/mol. The van der Waals surface area contributed by atoms with Gasteiger partial charge in [-0.05, 0) is 24.1 Å². The minimum absolute atomic E-state index is 0. The van der Waals surface area contributed by atoms with Gasteiger partial charge in [0.05, 0.1) is 4.90 Å².